The van der Waals surface area contributed by atoms with Gasteiger partial charge in [0.2, 0.25) is 5.91 Å². The van der Waals surface area contributed by atoms with Gasteiger partial charge in [0.05, 0.1) is 18.1 Å². The van der Waals surface area contributed by atoms with Gasteiger partial charge in [0.15, 0.2) is 0 Å². The Kier molecular flexibility index (Phi) is 6.99. The highest BCUT2D eigenvalue weighted by molar-refractivity contribution is 5.77. The van der Waals surface area contributed by atoms with Gasteiger partial charge in [-0.05, 0) is 38.5 Å². The van der Waals surface area contributed by atoms with Crippen LogP contribution in [-0.2, 0) is 14.3 Å². The van der Waals surface area contributed by atoms with Gasteiger partial charge in [0.1, 0.15) is 0 Å². The Morgan fingerprint density at radius 1 is 1.35 bits per heavy atom. The molecule has 0 spiro atoms. The van der Waals surface area contributed by atoms with Crippen molar-refractivity contribution in [3.63, 3.8) is 0 Å². The molecule has 3 unspecified atom stereocenters. The molecule has 0 radical (unpaired) electrons. The summed E-state index contributed by atoms with van der Waals surface area (Å²) < 4.78 is 5.65. The summed E-state index contributed by atoms with van der Waals surface area (Å²) >= 11 is 0. The molecule has 0 aromatic heterocycles. The largest absolute Gasteiger partial charge is 0.481 e. The van der Waals surface area contributed by atoms with Crippen molar-refractivity contribution in [1.29, 1.82) is 0 Å². The molecule has 3 atom stereocenters. The fraction of sp³-hybridized carbons (Fsp3) is 0.867. The molecule has 0 aliphatic carbocycles. The maximum atomic E-state index is 11.7. The van der Waals surface area contributed by atoms with Crippen LogP contribution in [0.2, 0.25) is 0 Å². The van der Waals surface area contributed by atoms with Crippen LogP contribution < -0.4 is 5.32 Å². The summed E-state index contributed by atoms with van der Waals surface area (Å²) in [5.41, 5.74) is 0. The first-order valence-corrected chi connectivity index (χ1v) is 7.53. The second kappa shape index (κ2) is 8.25. The van der Waals surface area contributed by atoms with Gasteiger partial charge in [-0.1, -0.05) is 13.8 Å². The number of carboxylic acids is 1. The predicted molar refractivity (Wildman–Crippen MR) is 76.4 cm³/mol. The van der Waals surface area contributed by atoms with Gasteiger partial charge in [-0.25, -0.2) is 0 Å². The lowest BCUT2D eigenvalue weighted by Gasteiger charge is -2.16. The van der Waals surface area contributed by atoms with Gasteiger partial charge >= 0.3 is 5.97 Å². The van der Waals surface area contributed by atoms with E-state index in [0.29, 0.717) is 24.9 Å². The summed E-state index contributed by atoms with van der Waals surface area (Å²) in [5.74, 6) is -1.11. The number of rotatable bonds is 8. The van der Waals surface area contributed by atoms with Crippen LogP contribution in [0.25, 0.3) is 0 Å². The van der Waals surface area contributed by atoms with Crippen LogP contribution in [0.1, 0.15) is 52.9 Å². The topological polar surface area (TPSA) is 75.6 Å². The first-order chi connectivity index (χ1) is 9.38. The van der Waals surface area contributed by atoms with E-state index in [2.05, 4.69) is 5.32 Å². The zero-order valence-corrected chi connectivity index (χ0v) is 12.7. The zero-order chi connectivity index (χ0) is 15.1. The molecule has 116 valence electrons. The lowest BCUT2D eigenvalue weighted by molar-refractivity contribution is -0.142. The Bertz CT molecular complexity index is 330. The van der Waals surface area contributed by atoms with Gasteiger partial charge in [0, 0.05) is 13.0 Å². The Morgan fingerprint density at radius 2 is 2.05 bits per heavy atom. The summed E-state index contributed by atoms with van der Waals surface area (Å²) in [6.07, 6.45) is 4.26. The molecule has 2 N–H and O–H groups in total. The van der Waals surface area contributed by atoms with Crippen molar-refractivity contribution in [2.24, 2.45) is 11.8 Å². The van der Waals surface area contributed by atoms with Gasteiger partial charge < -0.3 is 15.2 Å². The van der Waals surface area contributed by atoms with Crippen LogP contribution in [0.4, 0.5) is 0 Å². The minimum atomic E-state index is -0.841. The smallest absolute Gasteiger partial charge is 0.308 e. The predicted octanol–water partition coefficient (Wildman–Crippen LogP) is 2.20. The van der Waals surface area contributed by atoms with Crippen molar-refractivity contribution in [2.45, 2.75) is 65.1 Å². The molecule has 1 rings (SSSR count). The Labute approximate surface area is 121 Å². The average molecular weight is 285 g/mol. The molecule has 0 bridgehead atoms. The van der Waals surface area contributed by atoms with Gasteiger partial charge in [0.25, 0.3) is 0 Å². The Balaban J connectivity index is 2.22. The van der Waals surface area contributed by atoms with Crippen LogP contribution in [0.3, 0.4) is 0 Å². The normalized spacial score (nSPS) is 23.8. The molecule has 1 saturated heterocycles. The summed E-state index contributed by atoms with van der Waals surface area (Å²) in [4.78, 5) is 22.8. The lowest BCUT2D eigenvalue weighted by atomic mass is 9.97. The molecule has 0 aromatic carbocycles. The van der Waals surface area contributed by atoms with Crippen molar-refractivity contribution in [2.75, 3.05) is 6.54 Å². The summed E-state index contributed by atoms with van der Waals surface area (Å²) in [6.45, 7) is 6.23. The third-order valence-corrected chi connectivity index (χ3v) is 3.66. The van der Waals surface area contributed by atoms with E-state index in [1.807, 2.05) is 20.8 Å². The second-order valence-corrected chi connectivity index (χ2v) is 6.15. The molecule has 20 heavy (non-hydrogen) atoms. The molecule has 5 heteroatoms. The van der Waals surface area contributed by atoms with Gasteiger partial charge in [-0.15, -0.1) is 0 Å². The number of carbonyl (C=O) groups is 2. The number of hydrogen-bond acceptors (Lipinski definition) is 3. The second-order valence-electron chi connectivity index (χ2n) is 6.15. The third-order valence-electron chi connectivity index (χ3n) is 3.66. The van der Waals surface area contributed by atoms with E-state index >= 15 is 0 Å². The van der Waals surface area contributed by atoms with Crippen LogP contribution in [0, 0.1) is 11.8 Å². The highest BCUT2D eigenvalue weighted by Gasteiger charge is 2.23. The Hall–Kier alpha value is -1.10. The fourth-order valence-corrected chi connectivity index (χ4v) is 2.56. The fourth-order valence-electron chi connectivity index (χ4n) is 2.56. The summed E-state index contributed by atoms with van der Waals surface area (Å²) in [6, 6.07) is 0. The van der Waals surface area contributed by atoms with Crippen LogP contribution >= 0.6 is 0 Å². The highest BCUT2D eigenvalue weighted by Crippen LogP contribution is 2.22. The van der Waals surface area contributed by atoms with Crippen molar-refractivity contribution < 1.29 is 19.4 Å². The zero-order valence-electron chi connectivity index (χ0n) is 12.7. The van der Waals surface area contributed by atoms with Crippen molar-refractivity contribution in [1.82, 2.24) is 5.32 Å². The molecular weight excluding hydrogens is 258 g/mol. The minimum Gasteiger partial charge on any atom is -0.481 e. The quantitative estimate of drug-likeness (QED) is 0.717. The van der Waals surface area contributed by atoms with E-state index < -0.39 is 11.9 Å². The van der Waals surface area contributed by atoms with Crippen molar-refractivity contribution in [3.05, 3.63) is 0 Å². The van der Waals surface area contributed by atoms with E-state index in [1.54, 1.807) is 0 Å². The van der Waals surface area contributed by atoms with Crippen LogP contribution in [0.5, 0.6) is 0 Å². The number of hydrogen-bond donors (Lipinski definition) is 2. The van der Waals surface area contributed by atoms with Crippen LogP contribution in [-0.4, -0.2) is 35.7 Å². The molecule has 1 heterocycles. The standard InChI is InChI=1S/C15H27NO4/c1-10(2)8-12(15(18)19)9-16-14(17)7-6-13-5-4-11(3)20-13/h10-13H,4-9H2,1-3H3,(H,16,17)(H,18,19). The first-order valence-electron chi connectivity index (χ1n) is 7.53. The summed E-state index contributed by atoms with van der Waals surface area (Å²) in [5, 5.41) is 11.8. The number of carboxylic acid groups (broad SMARTS) is 1. The van der Waals surface area contributed by atoms with Crippen molar-refractivity contribution >= 4 is 11.9 Å². The molecule has 1 amide bonds. The number of aliphatic carboxylic acids is 1. The van der Waals surface area contributed by atoms with Crippen LogP contribution in [0.15, 0.2) is 0 Å². The van der Waals surface area contributed by atoms with Gasteiger partial charge in [-0.3, -0.25) is 9.59 Å². The van der Waals surface area contributed by atoms with E-state index in [0.717, 1.165) is 19.3 Å². The number of nitrogens with one attached hydrogen (secondary N) is 1. The number of ether oxygens (including phenoxy) is 1. The monoisotopic (exact) mass is 285 g/mol. The molecule has 0 saturated carbocycles. The molecule has 1 aliphatic rings. The molecule has 1 fully saturated rings. The van der Waals surface area contributed by atoms with E-state index in [1.165, 1.54) is 0 Å². The first kappa shape index (κ1) is 17.0. The minimum absolute atomic E-state index is 0.0804. The van der Waals surface area contributed by atoms with Gasteiger partial charge in [-0.2, -0.15) is 0 Å². The van der Waals surface area contributed by atoms with E-state index in [9.17, 15) is 9.59 Å². The van der Waals surface area contributed by atoms with E-state index in [4.69, 9.17) is 9.84 Å². The third kappa shape index (κ3) is 6.37. The van der Waals surface area contributed by atoms with E-state index in [-0.39, 0.29) is 18.6 Å². The summed E-state index contributed by atoms with van der Waals surface area (Å²) in [7, 11) is 0. The lowest BCUT2D eigenvalue weighted by Crippen LogP contribution is -2.34. The van der Waals surface area contributed by atoms with Crippen molar-refractivity contribution in [3.8, 4) is 0 Å². The molecular formula is C15H27NO4. The SMILES string of the molecule is CC(C)CC(CNC(=O)CCC1CCC(C)O1)C(=O)O. The Morgan fingerprint density at radius 3 is 2.55 bits per heavy atom. The maximum Gasteiger partial charge on any atom is 0.308 e. The molecule has 1 aliphatic heterocycles. The highest BCUT2D eigenvalue weighted by atomic mass is 16.5. The number of carbonyl (C=O) groups excluding carboxylic acids is 1. The maximum absolute atomic E-state index is 11.7. The molecule has 0 aromatic rings. The number of amides is 1. The average Bonchev–Trinajstić information content (AvgIpc) is 2.77. The molecule has 5 nitrogen and oxygen atoms in total.